The number of nitrogens with zero attached hydrogens (tertiary/aromatic N) is 3. The van der Waals surface area contributed by atoms with Crippen LogP contribution in [0.1, 0.15) is 17.0 Å². The Bertz CT molecular complexity index is 724. The van der Waals surface area contributed by atoms with Crippen LogP contribution < -0.4 is 15.0 Å². The average Bonchev–Trinajstić information content (AvgIpc) is 2.58. The summed E-state index contributed by atoms with van der Waals surface area (Å²) in [4.78, 5) is 22.5. The molecule has 24 heavy (non-hydrogen) atoms. The summed E-state index contributed by atoms with van der Waals surface area (Å²) in [5.74, 6) is 1.24. The van der Waals surface area contributed by atoms with Crippen LogP contribution in [0.25, 0.3) is 6.08 Å². The van der Waals surface area contributed by atoms with E-state index in [0.717, 1.165) is 22.7 Å². The van der Waals surface area contributed by atoms with Crippen LogP contribution in [-0.4, -0.2) is 37.1 Å². The number of carbonyl (C=O) groups is 1. The summed E-state index contributed by atoms with van der Waals surface area (Å²) >= 11 is 0. The summed E-state index contributed by atoms with van der Waals surface area (Å²) in [6.45, 7) is 2.26. The molecule has 0 saturated carbocycles. The molecule has 0 aliphatic heterocycles. The molecule has 2 rings (SSSR count). The summed E-state index contributed by atoms with van der Waals surface area (Å²) in [5.41, 5.74) is 2.57. The van der Waals surface area contributed by atoms with E-state index in [1.165, 1.54) is 6.08 Å². The topological polar surface area (TPSA) is 67.3 Å². The molecule has 1 amide bonds. The summed E-state index contributed by atoms with van der Waals surface area (Å²) in [6.07, 6.45) is 3.26. The molecule has 126 valence electrons. The Morgan fingerprint density at radius 3 is 2.58 bits per heavy atom. The Morgan fingerprint density at radius 1 is 1.25 bits per heavy atom. The van der Waals surface area contributed by atoms with Gasteiger partial charge in [0.05, 0.1) is 19.3 Å². The maximum absolute atomic E-state index is 11.9. The van der Waals surface area contributed by atoms with Gasteiger partial charge < -0.3 is 15.0 Å². The van der Waals surface area contributed by atoms with Crippen LogP contribution in [0.3, 0.4) is 0 Å². The van der Waals surface area contributed by atoms with Gasteiger partial charge in [0, 0.05) is 25.9 Å². The lowest BCUT2D eigenvalue weighted by Gasteiger charge is -2.12. The Balaban J connectivity index is 1.94. The quantitative estimate of drug-likeness (QED) is 0.824. The maximum atomic E-state index is 11.9. The van der Waals surface area contributed by atoms with Crippen molar-refractivity contribution in [1.29, 1.82) is 0 Å². The monoisotopic (exact) mass is 326 g/mol. The second-order valence-corrected chi connectivity index (χ2v) is 5.52. The van der Waals surface area contributed by atoms with Gasteiger partial charge >= 0.3 is 0 Å². The van der Waals surface area contributed by atoms with E-state index in [4.69, 9.17) is 4.74 Å². The Labute approximate surface area is 142 Å². The van der Waals surface area contributed by atoms with E-state index < -0.39 is 0 Å². The van der Waals surface area contributed by atoms with Crippen molar-refractivity contribution in [2.45, 2.75) is 13.5 Å². The van der Waals surface area contributed by atoms with Crippen LogP contribution in [0.2, 0.25) is 0 Å². The minimum atomic E-state index is -0.173. The molecule has 0 radical (unpaired) electrons. The molecule has 6 nitrogen and oxygen atoms in total. The zero-order valence-corrected chi connectivity index (χ0v) is 14.4. The highest BCUT2D eigenvalue weighted by atomic mass is 16.5. The molecule has 0 unspecified atom stereocenters. The molecular weight excluding hydrogens is 304 g/mol. The number of carbonyl (C=O) groups excluding carboxylic acids is 1. The number of anilines is 1. The van der Waals surface area contributed by atoms with Gasteiger partial charge in [-0.25, -0.2) is 9.97 Å². The largest absolute Gasteiger partial charge is 0.497 e. The summed E-state index contributed by atoms with van der Waals surface area (Å²) in [7, 11) is 5.39. The van der Waals surface area contributed by atoms with E-state index >= 15 is 0 Å². The molecule has 1 heterocycles. The van der Waals surface area contributed by atoms with Crippen molar-refractivity contribution < 1.29 is 9.53 Å². The first kappa shape index (κ1) is 17.5. The average molecular weight is 326 g/mol. The predicted molar refractivity (Wildman–Crippen MR) is 95.0 cm³/mol. The van der Waals surface area contributed by atoms with E-state index in [-0.39, 0.29) is 5.91 Å². The van der Waals surface area contributed by atoms with Crippen molar-refractivity contribution in [2.24, 2.45) is 0 Å². The number of nitrogens with one attached hydrogen (secondary N) is 1. The number of ether oxygens (including phenoxy) is 1. The number of rotatable bonds is 6. The van der Waals surface area contributed by atoms with Crippen molar-refractivity contribution in [1.82, 2.24) is 15.3 Å². The molecule has 0 spiro atoms. The second-order valence-electron chi connectivity index (χ2n) is 5.52. The molecule has 1 aromatic carbocycles. The molecule has 6 heteroatoms. The normalized spacial score (nSPS) is 10.7. The SMILES string of the molecule is COc1ccc(/C=C/C(=O)NCc2cc(C)nc(N(C)C)n2)cc1. The van der Waals surface area contributed by atoms with Gasteiger partial charge in [-0.3, -0.25) is 4.79 Å². The van der Waals surface area contributed by atoms with Crippen LogP contribution in [0.5, 0.6) is 5.75 Å². The molecule has 2 aromatic rings. The predicted octanol–water partition coefficient (Wildman–Crippen LogP) is 2.19. The van der Waals surface area contributed by atoms with Crippen LogP contribution in [0.4, 0.5) is 5.95 Å². The van der Waals surface area contributed by atoms with E-state index in [0.29, 0.717) is 12.5 Å². The molecule has 0 fully saturated rings. The number of methoxy groups -OCH3 is 1. The van der Waals surface area contributed by atoms with Crippen LogP contribution in [0, 0.1) is 6.92 Å². The maximum Gasteiger partial charge on any atom is 0.244 e. The van der Waals surface area contributed by atoms with Crippen molar-refractivity contribution in [3.8, 4) is 5.75 Å². The zero-order chi connectivity index (χ0) is 17.5. The smallest absolute Gasteiger partial charge is 0.244 e. The first-order chi connectivity index (χ1) is 11.5. The lowest BCUT2D eigenvalue weighted by Crippen LogP contribution is -2.22. The highest BCUT2D eigenvalue weighted by molar-refractivity contribution is 5.91. The number of benzene rings is 1. The van der Waals surface area contributed by atoms with E-state index in [2.05, 4.69) is 15.3 Å². The van der Waals surface area contributed by atoms with Crippen LogP contribution in [-0.2, 0) is 11.3 Å². The fourth-order valence-electron chi connectivity index (χ4n) is 2.03. The first-order valence-corrected chi connectivity index (χ1v) is 7.60. The van der Waals surface area contributed by atoms with Gasteiger partial charge in [-0.1, -0.05) is 12.1 Å². The standard InChI is InChI=1S/C18H22N4O2/c1-13-11-15(21-18(20-13)22(2)3)12-19-17(23)10-7-14-5-8-16(24-4)9-6-14/h5-11H,12H2,1-4H3,(H,19,23)/b10-7+. The fourth-order valence-corrected chi connectivity index (χ4v) is 2.03. The minimum Gasteiger partial charge on any atom is -0.497 e. The van der Waals surface area contributed by atoms with Gasteiger partial charge in [-0.05, 0) is 36.8 Å². The van der Waals surface area contributed by atoms with Gasteiger partial charge in [0.2, 0.25) is 11.9 Å². The van der Waals surface area contributed by atoms with Crippen molar-refractivity contribution >= 4 is 17.9 Å². The van der Waals surface area contributed by atoms with Crippen molar-refractivity contribution in [3.63, 3.8) is 0 Å². The number of aryl methyl sites for hydroxylation is 1. The number of hydrogen-bond acceptors (Lipinski definition) is 5. The summed E-state index contributed by atoms with van der Waals surface area (Å²) < 4.78 is 5.10. The number of hydrogen-bond donors (Lipinski definition) is 1. The van der Waals surface area contributed by atoms with Gasteiger partial charge in [0.1, 0.15) is 5.75 Å². The molecule has 0 aliphatic rings. The minimum absolute atomic E-state index is 0.173. The van der Waals surface area contributed by atoms with E-state index in [1.54, 1.807) is 13.2 Å². The Kier molecular flexibility index (Phi) is 5.89. The van der Waals surface area contributed by atoms with Crippen molar-refractivity contribution in [3.05, 3.63) is 53.4 Å². The molecule has 1 aromatic heterocycles. The highest BCUT2D eigenvalue weighted by Gasteiger charge is 2.05. The fraction of sp³-hybridized carbons (Fsp3) is 0.278. The summed E-state index contributed by atoms with van der Waals surface area (Å²) in [5, 5.41) is 2.83. The van der Waals surface area contributed by atoms with Crippen LogP contribution >= 0.6 is 0 Å². The molecule has 0 atom stereocenters. The van der Waals surface area contributed by atoms with E-state index in [1.807, 2.05) is 56.3 Å². The zero-order valence-electron chi connectivity index (χ0n) is 14.4. The Hall–Kier alpha value is -2.89. The Morgan fingerprint density at radius 2 is 1.96 bits per heavy atom. The molecular formula is C18H22N4O2. The first-order valence-electron chi connectivity index (χ1n) is 7.60. The molecule has 0 bridgehead atoms. The highest BCUT2D eigenvalue weighted by Crippen LogP contribution is 2.12. The van der Waals surface area contributed by atoms with E-state index in [9.17, 15) is 4.79 Å². The van der Waals surface area contributed by atoms with Crippen molar-refractivity contribution in [2.75, 3.05) is 26.1 Å². The second kappa shape index (κ2) is 8.10. The number of amides is 1. The van der Waals surface area contributed by atoms with Gasteiger partial charge in [-0.2, -0.15) is 0 Å². The third-order valence-corrected chi connectivity index (χ3v) is 3.28. The van der Waals surface area contributed by atoms with Crippen LogP contribution in [0.15, 0.2) is 36.4 Å². The molecule has 0 saturated heterocycles. The third kappa shape index (κ3) is 5.08. The van der Waals surface area contributed by atoms with Gasteiger partial charge in [-0.15, -0.1) is 0 Å². The molecule has 0 aliphatic carbocycles. The number of aromatic nitrogens is 2. The van der Waals surface area contributed by atoms with Gasteiger partial charge in [0.25, 0.3) is 0 Å². The lowest BCUT2D eigenvalue weighted by molar-refractivity contribution is -0.116. The third-order valence-electron chi connectivity index (χ3n) is 3.28. The molecule has 1 N–H and O–H groups in total. The van der Waals surface area contributed by atoms with Gasteiger partial charge in [0.15, 0.2) is 0 Å². The summed E-state index contributed by atoms with van der Waals surface area (Å²) in [6, 6.07) is 9.34. The lowest BCUT2D eigenvalue weighted by atomic mass is 10.2.